The van der Waals surface area contributed by atoms with E-state index in [-0.39, 0.29) is 21.4 Å². The van der Waals surface area contributed by atoms with Gasteiger partial charge in [-0.3, -0.25) is 19.9 Å². The average molecular weight is 1140 g/mol. The summed E-state index contributed by atoms with van der Waals surface area (Å²) in [4.78, 5) is 62.2. The van der Waals surface area contributed by atoms with E-state index in [9.17, 15) is 59.4 Å². The number of carbonyl (C=O) groups excluding carboxylic acids is 4. The second kappa shape index (κ2) is 24.2. The number of aliphatic hydroxyl groups excluding tert-OH is 1. The van der Waals surface area contributed by atoms with E-state index in [1.807, 2.05) is 28.2 Å². The Kier molecular flexibility index (Phi) is 18.3. The van der Waals surface area contributed by atoms with Crippen LogP contribution in [0.1, 0.15) is 62.9 Å². The number of alkyl carbamates (subject to hydrolysis) is 2. The van der Waals surface area contributed by atoms with Gasteiger partial charge in [-0.2, -0.15) is 40.2 Å². The highest BCUT2D eigenvalue weighted by molar-refractivity contribution is 5.87. The number of nitrogens with one attached hydrogen (secondary N) is 4. The van der Waals surface area contributed by atoms with Crippen molar-refractivity contribution in [1.82, 2.24) is 46.0 Å². The van der Waals surface area contributed by atoms with Gasteiger partial charge in [-0.05, 0) is 88.1 Å². The van der Waals surface area contributed by atoms with Crippen molar-refractivity contribution in [2.45, 2.75) is 108 Å². The summed E-state index contributed by atoms with van der Waals surface area (Å²) in [5.74, 6) is 0.694. The van der Waals surface area contributed by atoms with E-state index in [0.29, 0.717) is 74.1 Å². The molecule has 0 aliphatic carbocycles. The zero-order valence-electron chi connectivity index (χ0n) is 43.9. The summed E-state index contributed by atoms with van der Waals surface area (Å²) in [6.07, 6.45) is -14.4. The van der Waals surface area contributed by atoms with Gasteiger partial charge < -0.3 is 40.2 Å². The maximum absolute atomic E-state index is 16.0. The Morgan fingerprint density at radius 1 is 0.825 bits per heavy atom. The van der Waals surface area contributed by atoms with Crippen LogP contribution in [-0.4, -0.2) is 156 Å². The molecule has 80 heavy (non-hydrogen) atoms. The molecule has 4 aliphatic rings. The largest absolute Gasteiger partial charge is 0.453 e. The predicted octanol–water partition coefficient (Wildman–Crippen LogP) is 6.23. The summed E-state index contributed by atoms with van der Waals surface area (Å²) in [7, 11) is 1.79. The second-order valence-electron chi connectivity index (χ2n) is 20.6. The van der Waals surface area contributed by atoms with Crippen molar-refractivity contribution in [3.05, 3.63) is 101 Å². The van der Waals surface area contributed by atoms with Crippen molar-refractivity contribution in [1.29, 1.82) is 0 Å². The summed E-state index contributed by atoms with van der Waals surface area (Å²) in [5, 5.41) is 22.0. The molecule has 4 aromatic rings. The van der Waals surface area contributed by atoms with E-state index < -0.39 is 115 Å². The molecule has 8 rings (SSSR count). The quantitative estimate of drug-likeness (QED) is 0.0402. The number of halogens is 10. The van der Waals surface area contributed by atoms with Gasteiger partial charge in [-0.25, -0.2) is 33.0 Å². The summed E-state index contributed by atoms with van der Waals surface area (Å²) >= 11 is 0. The van der Waals surface area contributed by atoms with Crippen LogP contribution in [0.4, 0.5) is 59.3 Å². The van der Waals surface area contributed by atoms with Crippen molar-refractivity contribution in [2.24, 2.45) is 10.8 Å². The molecule has 0 saturated carbocycles. The van der Waals surface area contributed by atoms with Crippen molar-refractivity contribution < 1.29 is 82.4 Å². The van der Waals surface area contributed by atoms with Gasteiger partial charge >= 0.3 is 31.1 Å². The number of piperidine rings is 1. The molecule has 4 aliphatic heterocycles. The number of carbonyl (C=O) groups is 4. The summed E-state index contributed by atoms with van der Waals surface area (Å²) < 4.78 is 161. The van der Waals surface area contributed by atoms with Gasteiger partial charge in [-0.15, -0.1) is 0 Å². The van der Waals surface area contributed by atoms with E-state index in [0.717, 1.165) is 65.1 Å². The number of piperazine rings is 1. The third kappa shape index (κ3) is 13.7. The number of amides is 4. The van der Waals surface area contributed by atoms with Gasteiger partial charge in [0, 0.05) is 80.0 Å². The van der Waals surface area contributed by atoms with E-state index in [1.54, 1.807) is 6.20 Å². The molecule has 2 bridgehead atoms. The van der Waals surface area contributed by atoms with Gasteiger partial charge in [0.05, 0.1) is 50.1 Å². The van der Waals surface area contributed by atoms with Gasteiger partial charge in [-0.1, -0.05) is 24.0 Å². The van der Waals surface area contributed by atoms with E-state index in [1.165, 1.54) is 24.3 Å². The average Bonchev–Trinajstić information content (AvgIpc) is 3.89. The molecule has 4 fully saturated rings. The van der Waals surface area contributed by atoms with Crippen LogP contribution >= 0.6 is 0 Å². The molecule has 0 spiro atoms. The van der Waals surface area contributed by atoms with Crippen LogP contribution in [0.2, 0.25) is 0 Å². The molecule has 2 aromatic carbocycles. The van der Waals surface area contributed by atoms with Gasteiger partial charge in [0.2, 0.25) is 5.91 Å². The number of aliphatic hydroxyl groups is 1. The molecular weight excluding hydrogens is 1080 g/mol. The van der Waals surface area contributed by atoms with Crippen LogP contribution < -0.4 is 26.3 Å². The molecule has 4 saturated heterocycles. The molecule has 18 nitrogen and oxygen atoms in total. The van der Waals surface area contributed by atoms with Crippen molar-refractivity contribution in [3.63, 3.8) is 0 Å². The molecule has 28 heteroatoms. The van der Waals surface area contributed by atoms with Crippen LogP contribution in [0.5, 0.6) is 0 Å². The standard InChI is InChI=1S/C52H58F10N10O8/c1-49(2,51(57,58)59)42(67-48(77)78-6)44(74)66-39(15-29-10-7-28(8-11-29)9-12-30-13-14-41(64-19-30)69-22-33-18-34(23-69)72(33)35-26-79-27-35)40(73)25-70(68-45(75)43(80-47(76)63-5)50(3,4)52(60,61)62)24-36-37(53)16-31(17-38(36)54)32-20-65-71(21-32)46(55)56/h7-8,10-11,13-14,16-17,19-21,33-35,39-40,42-43,46,73H,15,18,22-27H2,1-6H3,(H,63,76)(H,66,74)(H,67,77)(H,68,75)/t33-,34-,39-,40-,42+,43+/m0/s1. The van der Waals surface area contributed by atoms with Gasteiger partial charge in [0.15, 0.2) is 6.10 Å². The molecule has 6 atom stereocenters. The first-order valence-electron chi connectivity index (χ1n) is 24.9. The number of hydrazine groups is 1. The summed E-state index contributed by atoms with van der Waals surface area (Å²) in [5.41, 5.74) is -4.35. The summed E-state index contributed by atoms with van der Waals surface area (Å²) in [6.45, 7) is -0.0522. The molecule has 6 heterocycles. The number of hydrogen-bond donors (Lipinski definition) is 5. The minimum atomic E-state index is -5.26. The number of rotatable bonds is 19. The molecule has 0 unspecified atom stereocenters. The van der Waals surface area contributed by atoms with Crippen molar-refractivity contribution >= 4 is 29.8 Å². The van der Waals surface area contributed by atoms with Crippen LogP contribution in [0.15, 0.2) is 67.1 Å². The van der Waals surface area contributed by atoms with Crippen LogP contribution in [0.25, 0.3) is 11.1 Å². The lowest BCUT2D eigenvalue weighted by Gasteiger charge is -2.60. The highest BCUT2D eigenvalue weighted by Gasteiger charge is 2.58. The number of aromatic nitrogens is 3. The first-order valence-corrected chi connectivity index (χ1v) is 24.9. The Labute approximate surface area is 452 Å². The maximum atomic E-state index is 16.0. The maximum Gasteiger partial charge on any atom is 0.407 e. The number of ether oxygens (including phenoxy) is 3. The first kappa shape index (κ1) is 60.4. The normalized spacial score (nSPS) is 18.4. The minimum Gasteiger partial charge on any atom is -0.453 e. The number of nitrogens with zero attached hydrogens (tertiary/aromatic N) is 6. The highest BCUT2D eigenvalue weighted by atomic mass is 19.4. The number of alkyl halides is 8. The zero-order chi connectivity index (χ0) is 58.6. The third-order valence-corrected chi connectivity index (χ3v) is 14.4. The van der Waals surface area contributed by atoms with Crippen molar-refractivity contribution in [2.75, 3.05) is 51.9 Å². The fraction of sp³-hybridized carbons (Fsp3) is 0.500. The van der Waals surface area contributed by atoms with Crippen molar-refractivity contribution in [3.8, 4) is 23.0 Å². The van der Waals surface area contributed by atoms with E-state index in [4.69, 9.17) is 9.47 Å². The second-order valence-corrected chi connectivity index (χ2v) is 20.6. The Morgan fingerprint density at radius 2 is 1.44 bits per heavy atom. The lowest BCUT2D eigenvalue weighted by atomic mass is 9.82. The number of hydrogen-bond acceptors (Lipinski definition) is 13. The van der Waals surface area contributed by atoms with E-state index in [2.05, 4.69) is 41.8 Å². The number of fused-ring (bicyclic) bond motifs is 2. The van der Waals surface area contributed by atoms with Crippen LogP contribution in [0, 0.1) is 34.3 Å². The smallest absolute Gasteiger partial charge is 0.407 e. The molecule has 4 amide bonds. The molecule has 2 aromatic heterocycles. The van der Waals surface area contributed by atoms with Gasteiger partial charge in [0.1, 0.15) is 28.9 Å². The number of methoxy groups -OCH3 is 1. The monoisotopic (exact) mass is 1140 g/mol. The summed E-state index contributed by atoms with van der Waals surface area (Å²) in [6, 6.07) is 8.20. The number of anilines is 1. The number of benzene rings is 2. The lowest BCUT2D eigenvalue weighted by Crippen LogP contribution is -2.74. The minimum absolute atomic E-state index is 0.176. The molecule has 0 radical (unpaired) electrons. The third-order valence-electron chi connectivity index (χ3n) is 14.4. The highest BCUT2D eigenvalue weighted by Crippen LogP contribution is 2.43. The fourth-order valence-electron chi connectivity index (χ4n) is 9.32. The predicted molar refractivity (Wildman–Crippen MR) is 265 cm³/mol. The molecule has 5 N–H and O–H groups in total. The van der Waals surface area contributed by atoms with Crippen LogP contribution in [0.3, 0.4) is 0 Å². The molecular formula is C52H58F10N10O8. The Bertz CT molecular complexity index is 2890. The zero-order valence-corrected chi connectivity index (χ0v) is 43.9. The molecule has 434 valence electrons. The first-order chi connectivity index (χ1) is 37.5. The topological polar surface area (TPSA) is 205 Å². The SMILES string of the molecule is CNC(=O)O[C@H](C(=O)NN(Cc1c(F)cc(-c2cnn(C(F)F)c2)cc1F)C[C@H](O)[C@H](Cc1ccc(C#Cc2ccc(N3C[C@@H]4C[C@@H](C3)N4C3COC3)nc2)cc1)NC(=O)[C@@H](NC(=O)OC)C(C)(C)C(F)(F)F)C(C)(C)C(F)(F)F. The Hall–Kier alpha value is -7.22. The Morgan fingerprint density at radius 3 is 1.96 bits per heavy atom. The van der Waals surface area contributed by atoms with Crippen LogP contribution in [-0.2, 0) is 36.8 Å². The van der Waals surface area contributed by atoms with E-state index >= 15 is 8.78 Å². The number of pyridine rings is 1. The Balaban J connectivity index is 1.18. The fourth-order valence-corrected chi connectivity index (χ4v) is 9.32. The lowest BCUT2D eigenvalue weighted by molar-refractivity contribution is -0.239. The van der Waals surface area contributed by atoms with Gasteiger partial charge in [0.25, 0.3) is 5.91 Å².